The van der Waals surface area contributed by atoms with Gasteiger partial charge in [0, 0.05) is 6.07 Å². The number of nitrogens with two attached hydrogens (primary N) is 1. The fourth-order valence-electron chi connectivity index (χ4n) is 2.09. The van der Waals surface area contributed by atoms with Crippen LogP contribution in [0.5, 0.6) is 0 Å². The van der Waals surface area contributed by atoms with Crippen LogP contribution in [-0.4, -0.2) is 4.98 Å². The van der Waals surface area contributed by atoms with E-state index in [-0.39, 0.29) is 5.02 Å². The zero-order valence-electron chi connectivity index (χ0n) is 10.7. The number of rotatable bonds is 2. The molecule has 5 heteroatoms. The number of fused-ring (bicyclic) bond motifs is 1. The highest BCUT2D eigenvalue weighted by atomic mass is 35.5. The molecule has 0 spiro atoms. The molecule has 0 amide bonds. The Morgan fingerprint density at radius 3 is 2.65 bits per heavy atom. The second kappa shape index (κ2) is 4.58. The van der Waals surface area contributed by atoms with Gasteiger partial charge < -0.3 is 10.2 Å². The highest BCUT2D eigenvalue weighted by Crippen LogP contribution is 2.32. The molecule has 1 atom stereocenters. The van der Waals surface area contributed by atoms with Gasteiger partial charge in [0.15, 0.2) is 5.58 Å². The van der Waals surface area contributed by atoms with Gasteiger partial charge in [-0.25, -0.2) is 9.37 Å². The van der Waals surface area contributed by atoms with Crippen molar-refractivity contribution < 1.29 is 8.81 Å². The fourth-order valence-corrected chi connectivity index (χ4v) is 2.33. The summed E-state index contributed by atoms with van der Waals surface area (Å²) in [6, 6.07) is 11.9. The average Bonchev–Trinajstić information content (AvgIpc) is 2.84. The summed E-state index contributed by atoms with van der Waals surface area (Å²) < 4.78 is 19.0. The second-order valence-corrected chi connectivity index (χ2v) is 5.23. The number of oxazole rings is 1. The van der Waals surface area contributed by atoms with Gasteiger partial charge in [0.25, 0.3) is 0 Å². The van der Waals surface area contributed by atoms with Gasteiger partial charge >= 0.3 is 0 Å². The van der Waals surface area contributed by atoms with E-state index in [4.69, 9.17) is 21.8 Å². The quantitative estimate of drug-likeness (QED) is 0.780. The first-order chi connectivity index (χ1) is 9.48. The van der Waals surface area contributed by atoms with Crippen molar-refractivity contribution >= 4 is 22.7 Å². The number of halogens is 2. The summed E-state index contributed by atoms with van der Waals surface area (Å²) in [5.74, 6) is -0.160. The topological polar surface area (TPSA) is 52.0 Å². The Morgan fingerprint density at radius 1 is 1.25 bits per heavy atom. The van der Waals surface area contributed by atoms with Crippen LogP contribution in [0.4, 0.5) is 4.39 Å². The van der Waals surface area contributed by atoms with Crippen LogP contribution in [0.15, 0.2) is 46.9 Å². The van der Waals surface area contributed by atoms with Gasteiger partial charge in [0.1, 0.15) is 16.9 Å². The molecule has 3 nitrogen and oxygen atoms in total. The summed E-state index contributed by atoms with van der Waals surface area (Å²) in [4.78, 5) is 4.27. The highest BCUT2D eigenvalue weighted by molar-refractivity contribution is 6.34. The van der Waals surface area contributed by atoms with Gasteiger partial charge in [-0.3, -0.25) is 0 Å². The summed E-state index contributed by atoms with van der Waals surface area (Å²) in [6.45, 7) is 1.79. The van der Waals surface area contributed by atoms with E-state index in [9.17, 15) is 4.39 Å². The molecule has 0 saturated carbocycles. The number of aromatic nitrogens is 1. The van der Waals surface area contributed by atoms with E-state index in [0.717, 1.165) is 5.56 Å². The van der Waals surface area contributed by atoms with Crippen molar-refractivity contribution in [2.45, 2.75) is 12.5 Å². The molecule has 0 aliphatic heterocycles. The Labute approximate surface area is 120 Å². The highest BCUT2D eigenvalue weighted by Gasteiger charge is 2.30. The lowest BCUT2D eigenvalue weighted by Gasteiger charge is -2.20. The van der Waals surface area contributed by atoms with Crippen LogP contribution in [0, 0.1) is 5.82 Å². The van der Waals surface area contributed by atoms with Crippen LogP contribution in [0.25, 0.3) is 11.1 Å². The van der Waals surface area contributed by atoms with Crippen LogP contribution >= 0.6 is 11.6 Å². The van der Waals surface area contributed by atoms with Crippen LogP contribution < -0.4 is 5.73 Å². The van der Waals surface area contributed by atoms with Gasteiger partial charge in [0.05, 0.1) is 5.02 Å². The van der Waals surface area contributed by atoms with E-state index in [2.05, 4.69) is 4.98 Å². The molecule has 0 fully saturated rings. The molecular weight excluding hydrogens is 279 g/mol. The van der Waals surface area contributed by atoms with Gasteiger partial charge in [-0.1, -0.05) is 41.9 Å². The molecule has 3 aromatic rings. The number of hydrogen-bond acceptors (Lipinski definition) is 3. The van der Waals surface area contributed by atoms with Gasteiger partial charge in [-0.15, -0.1) is 0 Å². The Morgan fingerprint density at radius 2 is 1.95 bits per heavy atom. The molecular formula is C15H12ClFN2O. The average molecular weight is 291 g/mol. The molecule has 0 aliphatic carbocycles. The van der Waals surface area contributed by atoms with E-state index in [1.54, 1.807) is 6.92 Å². The number of benzene rings is 2. The Bertz CT molecular complexity index is 768. The largest absolute Gasteiger partial charge is 0.437 e. The van der Waals surface area contributed by atoms with Crippen LogP contribution in [0.3, 0.4) is 0 Å². The Hall–Kier alpha value is -1.91. The molecule has 20 heavy (non-hydrogen) atoms. The fraction of sp³-hybridized carbons (Fsp3) is 0.133. The van der Waals surface area contributed by atoms with E-state index in [1.807, 2.05) is 30.3 Å². The first-order valence-electron chi connectivity index (χ1n) is 6.09. The summed E-state index contributed by atoms with van der Waals surface area (Å²) in [6.07, 6.45) is 0. The number of nitrogens with zero attached hydrogens (tertiary/aromatic N) is 1. The molecule has 1 unspecified atom stereocenters. The van der Waals surface area contributed by atoms with Crippen molar-refractivity contribution in [2.75, 3.05) is 0 Å². The van der Waals surface area contributed by atoms with Gasteiger partial charge in [-0.2, -0.15) is 0 Å². The molecule has 1 heterocycles. The summed E-state index contributed by atoms with van der Waals surface area (Å²) in [7, 11) is 0. The van der Waals surface area contributed by atoms with Crippen molar-refractivity contribution in [2.24, 2.45) is 5.73 Å². The van der Waals surface area contributed by atoms with E-state index >= 15 is 0 Å². The second-order valence-electron chi connectivity index (χ2n) is 4.82. The first kappa shape index (κ1) is 13.1. The minimum absolute atomic E-state index is 0.183. The zero-order valence-corrected chi connectivity index (χ0v) is 11.5. The van der Waals surface area contributed by atoms with Crippen molar-refractivity contribution in [1.29, 1.82) is 0 Å². The standard InChI is InChI=1S/C15H12ClFN2O/c1-15(18,9-5-3-2-4-6-9)14-19-12-8-10(17)7-11(16)13(12)20-14/h2-8H,18H2,1H3. The molecule has 0 aliphatic rings. The van der Waals surface area contributed by atoms with Crippen LogP contribution in [-0.2, 0) is 5.54 Å². The van der Waals surface area contributed by atoms with Gasteiger partial charge in [0.2, 0.25) is 5.89 Å². The third-order valence-corrected chi connectivity index (χ3v) is 3.51. The lowest BCUT2D eigenvalue weighted by atomic mass is 9.93. The molecule has 0 radical (unpaired) electrons. The predicted octanol–water partition coefficient (Wildman–Crippen LogP) is 3.84. The maximum absolute atomic E-state index is 13.3. The lowest BCUT2D eigenvalue weighted by Crippen LogP contribution is -2.34. The minimum atomic E-state index is -0.917. The van der Waals surface area contributed by atoms with Crippen LogP contribution in [0.2, 0.25) is 5.02 Å². The number of hydrogen-bond donors (Lipinski definition) is 1. The molecule has 2 aromatic carbocycles. The zero-order chi connectivity index (χ0) is 14.3. The van der Waals surface area contributed by atoms with Gasteiger partial charge in [-0.05, 0) is 18.6 Å². The molecule has 2 N–H and O–H groups in total. The maximum Gasteiger partial charge on any atom is 0.220 e. The van der Waals surface area contributed by atoms with E-state index < -0.39 is 11.4 Å². The Kier molecular flexibility index (Phi) is 3.00. The van der Waals surface area contributed by atoms with Crippen molar-refractivity contribution in [1.82, 2.24) is 4.98 Å². The SMILES string of the molecule is CC(N)(c1ccccc1)c1nc2cc(F)cc(Cl)c2o1. The summed E-state index contributed by atoms with van der Waals surface area (Å²) in [5.41, 5.74) is 6.95. The summed E-state index contributed by atoms with van der Waals surface area (Å²) in [5, 5.41) is 0.183. The molecule has 1 aromatic heterocycles. The maximum atomic E-state index is 13.3. The van der Waals surface area contributed by atoms with Crippen LogP contribution in [0.1, 0.15) is 18.4 Å². The molecule has 3 rings (SSSR count). The van der Waals surface area contributed by atoms with E-state index in [1.165, 1.54) is 12.1 Å². The smallest absolute Gasteiger partial charge is 0.220 e. The predicted molar refractivity (Wildman–Crippen MR) is 76.1 cm³/mol. The summed E-state index contributed by atoms with van der Waals surface area (Å²) >= 11 is 5.96. The molecule has 102 valence electrons. The third-order valence-electron chi connectivity index (χ3n) is 3.23. The lowest BCUT2D eigenvalue weighted by molar-refractivity contribution is 0.418. The molecule has 0 bridgehead atoms. The normalized spacial score (nSPS) is 14.4. The minimum Gasteiger partial charge on any atom is -0.437 e. The monoisotopic (exact) mass is 290 g/mol. The first-order valence-corrected chi connectivity index (χ1v) is 6.47. The molecule has 0 saturated heterocycles. The van der Waals surface area contributed by atoms with E-state index in [0.29, 0.717) is 17.0 Å². The van der Waals surface area contributed by atoms with Crippen molar-refractivity contribution in [3.05, 3.63) is 64.8 Å². The van der Waals surface area contributed by atoms with Crippen molar-refractivity contribution in [3.8, 4) is 0 Å². The Balaban J connectivity index is 2.17. The third kappa shape index (κ3) is 2.07. The van der Waals surface area contributed by atoms with Crippen molar-refractivity contribution in [3.63, 3.8) is 0 Å².